The van der Waals surface area contributed by atoms with Crippen molar-refractivity contribution in [3.8, 4) is 0 Å². The summed E-state index contributed by atoms with van der Waals surface area (Å²) >= 11 is 0. The maximum atomic E-state index is 12.4. The summed E-state index contributed by atoms with van der Waals surface area (Å²) in [5, 5.41) is 0. The van der Waals surface area contributed by atoms with Crippen molar-refractivity contribution in [2.75, 3.05) is 18.5 Å². The molecule has 0 aromatic heterocycles. The minimum Gasteiger partial charge on any atom is -0.309 e. The van der Waals surface area contributed by atoms with Crippen molar-refractivity contribution in [1.29, 1.82) is 0 Å². The maximum absolute atomic E-state index is 12.4. The second-order valence-corrected chi connectivity index (χ2v) is 6.63. The number of benzene rings is 1. The van der Waals surface area contributed by atoms with Crippen LogP contribution in [-0.4, -0.2) is 36.5 Å². The third kappa shape index (κ3) is 1.80. The molecule has 0 spiro atoms. The Kier molecular flexibility index (Phi) is 2.84. The van der Waals surface area contributed by atoms with Crippen LogP contribution in [0.3, 0.4) is 0 Å². The number of carbonyl (C=O) groups excluding carboxylic acids is 1. The van der Waals surface area contributed by atoms with E-state index in [0.29, 0.717) is 24.4 Å². The molecule has 2 aliphatic heterocycles. The molecule has 0 radical (unpaired) electrons. The van der Waals surface area contributed by atoms with Gasteiger partial charge in [-0.3, -0.25) is 4.79 Å². The van der Waals surface area contributed by atoms with Crippen molar-refractivity contribution in [1.82, 2.24) is 4.90 Å². The smallest absolute Gasteiger partial charge is 0.231 e. The van der Waals surface area contributed by atoms with E-state index in [2.05, 4.69) is 35.0 Å². The van der Waals surface area contributed by atoms with E-state index in [1.165, 1.54) is 37.1 Å². The number of fused-ring (bicyclic) bond motifs is 2. The van der Waals surface area contributed by atoms with Crippen LogP contribution >= 0.6 is 0 Å². The number of rotatable bonds is 1. The molecule has 3 nitrogen and oxygen atoms in total. The third-order valence-electron chi connectivity index (χ3n) is 5.57. The van der Waals surface area contributed by atoms with Gasteiger partial charge in [-0.2, -0.15) is 0 Å². The molecule has 3 atom stereocenters. The monoisotopic (exact) mass is 270 g/mol. The summed E-state index contributed by atoms with van der Waals surface area (Å²) in [6.07, 6.45) is 5.55. The van der Waals surface area contributed by atoms with Gasteiger partial charge < -0.3 is 9.80 Å². The third-order valence-corrected chi connectivity index (χ3v) is 5.57. The van der Waals surface area contributed by atoms with Gasteiger partial charge in [0, 0.05) is 17.8 Å². The average Bonchev–Trinajstić information content (AvgIpc) is 2.98. The zero-order chi connectivity index (χ0) is 13.7. The van der Waals surface area contributed by atoms with Crippen LogP contribution in [0.15, 0.2) is 24.3 Å². The van der Waals surface area contributed by atoms with Gasteiger partial charge in [-0.1, -0.05) is 18.2 Å². The molecule has 0 bridgehead atoms. The predicted molar refractivity (Wildman–Crippen MR) is 79.8 cm³/mol. The van der Waals surface area contributed by atoms with Gasteiger partial charge in [0.25, 0.3) is 0 Å². The van der Waals surface area contributed by atoms with Crippen molar-refractivity contribution in [3.05, 3.63) is 29.8 Å². The average molecular weight is 270 g/mol. The summed E-state index contributed by atoms with van der Waals surface area (Å²) in [6.45, 7) is 1.23. The van der Waals surface area contributed by atoms with E-state index in [9.17, 15) is 4.79 Å². The summed E-state index contributed by atoms with van der Waals surface area (Å²) in [5.41, 5.74) is 2.38. The first-order valence-electron chi connectivity index (χ1n) is 7.84. The van der Waals surface area contributed by atoms with E-state index in [4.69, 9.17) is 0 Å². The molecule has 106 valence electrons. The molecule has 1 aromatic carbocycles. The number of likely N-dealkylation sites (tertiary alicyclic amines) is 1. The van der Waals surface area contributed by atoms with Gasteiger partial charge in [-0.25, -0.2) is 0 Å². The van der Waals surface area contributed by atoms with E-state index in [-0.39, 0.29) is 0 Å². The predicted octanol–water partition coefficient (Wildman–Crippen LogP) is 2.45. The van der Waals surface area contributed by atoms with Crippen molar-refractivity contribution in [2.45, 2.75) is 44.2 Å². The summed E-state index contributed by atoms with van der Waals surface area (Å²) < 4.78 is 0. The highest BCUT2D eigenvalue weighted by Gasteiger charge is 2.42. The molecule has 3 unspecified atom stereocenters. The molecule has 1 aromatic rings. The molecular formula is C17H22N2O. The number of para-hydroxylation sites is 1. The largest absolute Gasteiger partial charge is 0.309 e. The molecule has 1 saturated heterocycles. The highest BCUT2D eigenvalue weighted by atomic mass is 16.2. The quantitative estimate of drug-likeness (QED) is 0.782. The number of hydrogen-bond donors (Lipinski definition) is 0. The Labute approximate surface area is 120 Å². The minimum absolute atomic E-state index is 0.301. The molecule has 3 heteroatoms. The fourth-order valence-corrected chi connectivity index (χ4v) is 4.51. The molecule has 0 N–H and O–H groups in total. The Morgan fingerprint density at radius 1 is 1.15 bits per heavy atom. The molecule has 2 fully saturated rings. The van der Waals surface area contributed by atoms with Crippen LogP contribution < -0.4 is 4.90 Å². The van der Waals surface area contributed by atoms with Gasteiger partial charge in [0.1, 0.15) is 0 Å². The summed E-state index contributed by atoms with van der Waals surface area (Å²) in [4.78, 5) is 17.0. The molecule has 1 amide bonds. The van der Waals surface area contributed by atoms with E-state index < -0.39 is 0 Å². The van der Waals surface area contributed by atoms with E-state index in [1.54, 1.807) is 0 Å². The number of anilines is 1. The first kappa shape index (κ1) is 12.4. The summed E-state index contributed by atoms with van der Waals surface area (Å²) in [6, 6.07) is 9.41. The Hall–Kier alpha value is -1.35. The fourth-order valence-electron chi connectivity index (χ4n) is 4.51. The van der Waals surface area contributed by atoms with Crippen LogP contribution in [0.2, 0.25) is 0 Å². The molecule has 2 heterocycles. The van der Waals surface area contributed by atoms with E-state index in [1.807, 2.05) is 6.07 Å². The van der Waals surface area contributed by atoms with Crippen molar-refractivity contribution >= 4 is 11.6 Å². The van der Waals surface area contributed by atoms with Crippen molar-refractivity contribution in [2.24, 2.45) is 5.92 Å². The highest BCUT2D eigenvalue weighted by molar-refractivity contribution is 6.01. The first-order chi connectivity index (χ1) is 9.74. The fraction of sp³-hybridized carbons (Fsp3) is 0.588. The Morgan fingerprint density at radius 3 is 2.90 bits per heavy atom. The number of nitrogens with zero attached hydrogens (tertiary/aromatic N) is 2. The molecule has 4 rings (SSSR count). The topological polar surface area (TPSA) is 23.6 Å². The lowest BCUT2D eigenvalue weighted by Gasteiger charge is -2.39. The Morgan fingerprint density at radius 2 is 2.00 bits per heavy atom. The lowest BCUT2D eigenvalue weighted by atomic mass is 9.81. The second-order valence-electron chi connectivity index (χ2n) is 6.63. The normalized spacial score (nSPS) is 33.4. The van der Waals surface area contributed by atoms with Gasteiger partial charge in [-0.05, 0) is 56.8 Å². The van der Waals surface area contributed by atoms with Crippen molar-refractivity contribution < 1.29 is 4.79 Å². The summed E-state index contributed by atoms with van der Waals surface area (Å²) in [7, 11) is 2.24. The maximum Gasteiger partial charge on any atom is 0.231 e. The lowest BCUT2D eigenvalue weighted by molar-refractivity contribution is -0.118. The number of carbonyl (C=O) groups is 1. The zero-order valence-electron chi connectivity index (χ0n) is 12.1. The van der Waals surface area contributed by atoms with Crippen LogP contribution in [0.1, 0.15) is 31.2 Å². The Bertz CT molecular complexity index is 542. The first-order valence-corrected chi connectivity index (χ1v) is 7.84. The molecule has 1 aliphatic carbocycles. The second kappa shape index (κ2) is 4.59. The lowest BCUT2D eigenvalue weighted by Crippen LogP contribution is -2.46. The van der Waals surface area contributed by atoms with Gasteiger partial charge in [0.2, 0.25) is 5.91 Å². The van der Waals surface area contributed by atoms with Gasteiger partial charge in [0.15, 0.2) is 0 Å². The van der Waals surface area contributed by atoms with Crippen LogP contribution in [-0.2, 0) is 11.2 Å². The van der Waals surface area contributed by atoms with Gasteiger partial charge in [-0.15, -0.1) is 0 Å². The van der Waals surface area contributed by atoms with Gasteiger partial charge in [0.05, 0.1) is 6.42 Å². The molecule has 1 saturated carbocycles. The Balaban J connectivity index is 1.60. The highest BCUT2D eigenvalue weighted by Crippen LogP contribution is 2.40. The molecule has 20 heavy (non-hydrogen) atoms. The molecule has 3 aliphatic rings. The summed E-state index contributed by atoms with van der Waals surface area (Å²) in [5.74, 6) is 1.17. The van der Waals surface area contributed by atoms with Crippen LogP contribution in [0.5, 0.6) is 0 Å². The van der Waals surface area contributed by atoms with Crippen molar-refractivity contribution in [3.63, 3.8) is 0 Å². The van der Waals surface area contributed by atoms with Crippen LogP contribution in [0.4, 0.5) is 5.69 Å². The van der Waals surface area contributed by atoms with E-state index >= 15 is 0 Å². The number of hydrogen-bond acceptors (Lipinski definition) is 2. The van der Waals surface area contributed by atoms with E-state index in [0.717, 1.165) is 12.3 Å². The number of amides is 1. The standard InChI is InChI=1S/C17H22N2O/c1-18-9-8-12-6-7-14(11-16(12)18)19-15-5-3-2-4-13(15)10-17(19)20/h2-5,12,14,16H,6-11H2,1H3. The van der Waals surface area contributed by atoms with Crippen LogP contribution in [0.25, 0.3) is 0 Å². The van der Waals surface area contributed by atoms with Crippen LogP contribution in [0, 0.1) is 5.92 Å². The molecular weight excluding hydrogens is 248 g/mol. The van der Waals surface area contributed by atoms with Gasteiger partial charge >= 0.3 is 0 Å². The SMILES string of the molecule is CN1CCC2CCC(N3C(=O)Cc4ccccc43)CC21. The zero-order valence-corrected chi connectivity index (χ0v) is 12.1. The minimum atomic E-state index is 0.301.